The van der Waals surface area contributed by atoms with Gasteiger partial charge in [-0.1, -0.05) is 13.3 Å². The van der Waals surface area contributed by atoms with E-state index in [9.17, 15) is 4.79 Å². The first-order valence-electron chi connectivity index (χ1n) is 7.02. The van der Waals surface area contributed by atoms with Gasteiger partial charge in [-0.05, 0) is 19.3 Å². The maximum atomic E-state index is 11.9. The molecule has 1 aliphatic heterocycles. The molecule has 1 aliphatic rings. The number of aromatic nitrogens is 2. The van der Waals surface area contributed by atoms with Crippen molar-refractivity contribution in [2.24, 2.45) is 7.05 Å². The van der Waals surface area contributed by atoms with Gasteiger partial charge in [-0.25, -0.2) is 4.98 Å². The summed E-state index contributed by atoms with van der Waals surface area (Å²) in [6, 6.07) is 1.99. The molecular formula is C14H22N2O3. The summed E-state index contributed by atoms with van der Waals surface area (Å²) in [6.45, 7) is 3.51. The third-order valence-electron chi connectivity index (χ3n) is 3.34. The smallest absolute Gasteiger partial charge is 0.299 e. The lowest BCUT2D eigenvalue weighted by Crippen LogP contribution is -2.23. The Morgan fingerprint density at radius 3 is 3.11 bits per heavy atom. The van der Waals surface area contributed by atoms with Crippen LogP contribution in [0.3, 0.4) is 0 Å². The molecule has 0 aliphatic carbocycles. The normalized spacial score (nSPS) is 18.7. The Kier molecular flexibility index (Phi) is 4.96. The summed E-state index contributed by atoms with van der Waals surface area (Å²) >= 11 is 0. The minimum absolute atomic E-state index is 0.0745. The van der Waals surface area contributed by atoms with E-state index in [2.05, 4.69) is 11.9 Å². The molecule has 5 nitrogen and oxygen atoms in total. The third-order valence-corrected chi connectivity index (χ3v) is 3.34. The fourth-order valence-corrected chi connectivity index (χ4v) is 2.14. The first-order chi connectivity index (χ1) is 9.20. The summed E-state index contributed by atoms with van der Waals surface area (Å²) in [5, 5.41) is 0. The van der Waals surface area contributed by atoms with Crippen molar-refractivity contribution >= 4 is 0 Å². The average molecular weight is 266 g/mol. The van der Waals surface area contributed by atoms with Crippen LogP contribution in [0.4, 0.5) is 0 Å². The Bertz CT molecular complexity index is 464. The van der Waals surface area contributed by atoms with Crippen LogP contribution in [0.1, 0.15) is 38.3 Å². The molecular weight excluding hydrogens is 244 g/mol. The van der Waals surface area contributed by atoms with Crippen LogP contribution in [0.2, 0.25) is 0 Å². The lowest BCUT2D eigenvalue weighted by atomic mass is 10.1. The van der Waals surface area contributed by atoms with Crippen molar-refractivity contribution in [1.82, 2.24) is 9.55 Å². The van der Waals surface area contributed by atoms with Crippen molar-refractivity contribution in [1.29, 1.82) is 0 Å². The van der Waals surface area contributed by atoms with Crippen molar-refractivity contribution < 1.29 is 9.47 Å². The van der Waals surface area contributed by atoms with Gasteiger partial charge >= 0.3 is 0 Å². The SMILES string of the molecule is CCCCOc1nc(CC2CCCO2)cc(=O)n1C. The molecule has 1 aromatic heterocycles. The zero-order valence-corrected chi connectivity index (χ0v) is 11.7. The van der Waals surface area contributed by atoms with Crippen LogP contribution < -0.4 is 10.3 Å². The average Bonchev–Trinajstić information content (AvgIpc) is 2.88. The fourth-order valence-electron chi connectivity index (χ4n) is 2.14. The molecule has 19 heavy (non-hydrogen) atoms. The van der Waals surface area contributed by atoms with E-state index in [0.29, 0.717) is 19.0 Å². The van der Waals surface area contributed by atoms with Crippen LogP contribution in [-0.4, -0.2) is 28.9 Å². The van der Waals surface area contributed by atoms with Gasteiger partial charge in [0.15, 0.2) is 0 Å². The van der Waals surface area contributed by atoms with Crippen LogP contribution in [0.5, 0.6) is 6.01 Å². The highest BCUT2D eigenvalue weighted by Crippen LogP contribution is 2.16. The van der Waals surface area contributed by atoms with E-state index in [1.54, 1.807) is 13.1 Å². The quantitative estimate of drug-likeness (QED) is 0.735. The van der Waals surface area contributed by atoms with E-state index in [1.807, 2.05) is 0 Å². The minimum atomic E-state index is -0.0745. The topological polar surface area (TPSA) is 53.4 Å². The summed E-state index contributed by atoms with van der Waals surface area (Å²) in [5.74, 6) is 0. The zero-order chi connectivity index (χ0) is 13.7. The van der Waals surface area contributed by atoms with Crippen LogP contribution in [0.15, 0.2) is 10.9 Å². The fraction of sp³-hybridized carbons (Fsp3) is 0.714. The second-order valence-electron chi connectivity index (χ2n) is 4.97. The summed E-state index contributed by atoms with van der Waals surface area (Å²) in [5.41, 5.74) is 0.691. The highest BCUT2D eigenvalue weighted by molar-refractivity contribution is 5.09. The molecule has 2 rings (SSSR count). The number of nitrogens with zero attached hydrogens (tertiary/aromatic N) is 2. The molecule has 0 saturated carbocycles. The number of rotatable bonds is 6. The lowest BCUT2D eigenvalue weighted by molar-refractivity contribution is 0.110. The Labute approximate surface area is 113 Å². The highest BCUT2D eigenvalue weighted by atomic mass is 16.5. The molecule has 0 radical (unpaired) electrons. The molecule has 1 aromatic rings. The Morgan fingerprint density at radius 1 is 1.58 bits per heavy atom. The standard InChI is InChI=1S/C14H22N2O3/c1-3-4-7-19-14-15-11(10-13(17)16(14)2)9-12-6-5-8-18-12/h10,12H,3-9H2,1-2H3. The van der Waals surface area contributed by atoms with Gasteiger partial charge in [0.05, 0.1) is 18.4 Å². The van der Waals surface area contributed by atoms with Crippen LogP contribution >= 0.6 is 0 Å². The molecule has 1 saturated heterocycles. The van der Waals surface area contributed by atoms with E-state index in [4.69, 9.17) is 9.47 Å². The minimum Gasteiger partial charge on any atom is -0.465 e. The van der Waals surface area contributed by atoms with Gasteiger partial charge in [0.1, 0.15) is 0 Å². The molecule has 0 N–H and O–H groups in total. The van der Waals surface area contributed by atoms with Crippen LogP contribution in [-0.2, 0) is 18.2 Å². The van der Waals surface area contributed by atoms with E-state index in [1.165, 1.54) is 4.57 Å². The Morgan fingerprint density at radius 2 is 2.42 bits per heavy atom. The van der Waals surface area contributed by atoms with Crippen molar-refractivity contribution in [3.05, 3.63) is 22.1 Å². The predicted octanol–water partition coefficient (Wildman–Crippen LogP) is 1.68. The molecule has 0 spiro atoms. The zero-order valence-electron chi connectivity index (χ0n) is 11.7. The van der Waals surface area contributed by atoms with E-state index < -0.39 is 0 Å². The predicted molar refractivity (Wildman–Crippen MR) is 72.6 cm³/mol. The van der Waals surface area contributed by atoms with Crippen LogP contribution in [0, 0.1) is 0 Å². The first-order valence-corrected chi connectivity index (χ1v) is 7.02. The molecule has 2 heterocycles. The number of hydrogen-bond donors (Lipinski definition) is 0. The molecule has 1 unspecified atom stereocenters. The number of ether oxygens (including phenoxy) is 2. The second-order valence-corrected chi connectivity index (χ2v) is 4.97. The van der Waals surface area contributed by atoms with Crippen molar-refractivity contribution in [2.75, 3.05) is 13.2 Å². The molecule has 1 atom stereocenters. The van der Waals surface area contributed by atoms with Crippen LogP contribution in [0.25, 0.3) is 0 Å². The molecule has 1 fully saturated rings. The van der Waals surface area contributed by atoms with E-state index >= 15 is 0 Å². The second kappa shape index (κ2) is 6.70. The Balaban J connectivity index is 2.08. The van der Waals surface area contributed by atoms with Gasteiger partial charge in [0.25, 0.3) is 11.6 Å². The van der Waals surface area contributed by atoms with Crippen molar-refractivity contribution in [2.45, 2.75) is 45.1 Å². The maximum Gasteiger partial charge on any atom is 0.299 e. The van der Waals surface area contributed by atoms with Crippen molar-refractivity contribution in [3.8, 4) is 6.01 Å². The Hall–Kier alpha value is -1.36. The molecule has 0 amide bonds. The molecule has 0 bridgehead atoms. The summed E-state index contributed by atoms with van der Waals surface area (Å²) < 4.78 is 12.6. The van der Waals surface area contributed by atoms with E-state index in [0.717, 1.165) is 38.0 Å². The molecule has 106 valence electrons. The van der Waals surface area contributed by atoms with Gasteiger partial charge in [0, 0.05) is 26.1 Å². The molecule has 0 aromatic carbocycles. The number of unbranched alkanes of at least 4 members (excludes halogenated alkanes) is 1. The third kappa shape index (κ3) is 3.80. The van der Waals surface area contributed by atoms with Crippen molar-refractivity contribution in [3.63, 3.8) is 0 Å². The van der Waals surface area contributed by atoms with Gasteiger partial charge in [-0.2, -0.15) is 0 Å². The van der Waals surface area contributed by atoms with E-state index in [-0.39, 0.29) is 11.7 Å². The number of hydrogen-bond acceptors (Lipinski definition) is 4. The summed E-state index contributed by atoms with van der Waals surface area (Å²) in [4.78, 5) is 16.3. The maximum absolute atomic E-state index is 11.9. The van der Waals surface area contributed by atoms with Gasteiger partial charge in [-0.3, -0.25) is 9.36 Å². The lowest BCUT2D eigenvalue weighted by Gasteiger charge is -2.12. The van der Waals surface area contributed by atoms with Gasteiger partial charge in [-0.15, -0.1) is 0 Å². The highest BCUT2D eigenvalue weighted by Gasteiger charge is 2.18. The first kappa shape index (κ1) is 14.1. The monoisotopic (exact) mass is 266 g/mol. The molecule has 5 heteroatoms. The summed E-state index contributed by atoms with van der Waals surface area (Å²) in [7, 11) is 1.69. The summed E-state index contributed by atoms with van der Waals surface area (Å²) in [6.07, 6.45) is 5.05. The van der Waals surface area contributed by atoms with Gasteiger partial charge < -0.3 is 9.47 Å². The van der Waals surface area contributed by atoms with Gasteiger partial charge in [0.2, 0.25) is 0 Å². The largest absolute Gasteiger partial charge is 0.465 e.